The van der Waals surface area contributed by atoms with Crippen LogP contribution in [0.15, 0.2) is 126 Å². The minimum atomic E-state index is -1.85. The second kappa shape index (κ2) is 23.6. The first-order valence-electron chi connectivity index (χ1n) is 21.5. The number of carbonyl (C=O) groups is 1. The van der Waals surface area contributed by atoms with E-state index in [1.807, 2.05) is 84.9 Å². The molecule has 1 fully saturated rings. The van der Waals surface area contributed by atoms with Gasteiger partial charge in [-0.1, -0.05) is 72.8 Å². The van der Waals surface area contributed by atoms with Crippen LogP contribution < -0.4 is 20.5 Å². The minimum absolute atomic E-state index is 0.0230. The van der Waals surface area contributed by atoms with Crippen molar-refractivity contribution in [3.8, 4) is 17.6 Å². The van der Waals surface area contributed by atoms with Crippen molar-refractivity contribution in [3.63, 3.8) is 0 Å². The van der Waals surface area contributed by atoms with Crippen LogP contribution in [0, 0.1) is 11.3 Å². The molecule has 2 heterocycles. The number of nitrogens with zero attached hydrogens (tertiary/aromatic N) is 4. The van der Waals surface area contributed by atoms with Crippen molar-refractivity contribution in [1.29, 1.82) is 5.26 Å². The van der Waals surface area contributed by atoms with Gasteiger partial charge >= 0.3 is 5.69 Å². The van der Waals surface area contributed by atoms with E-state index in [9.17, 15) is 14.9 Å². The Kier molecular flexibility index (Phi) is 17.8. The Morgan fingerprint density at radius 3 is 1.94 bits per heavy atom. The summed E-state index contributed by atoms with van der Waals surface area (Å²) in [7, 11) is 2.95. The summed E-state index contributed by atoms with van der Waals surface area (Å²) in [6.07, 6.45) is -2.20. The van der Waals surface area contributed by atoms with Crippen molar-refractivity contribution in [2.75, 3.05) is 53.1 Å². The van der Waals surface area contributed by atoms with E-state index in [2.05, 4.69) is 48.7 Å². The number of nitrogens with one attached hydrogen (secondary N) is 1. The summed E-state index contributed by atoms with van der Waals surface area (Å²) in [6, 6.07) is 37.6. The highest BCUT2D eigenvalue weighted by Gasteiger charge is 2.51. The molecule has 6 rings (SSSR count). The lowest BCUT2D eigenvalue weighted by Gasteiger charge is -2.39. The Labute approximate surface area is 382 Å². The number of anilines is 1. The van der Waals surface area contributed by atoms with Crippen molar-refractivity contribution in [1.82, 2.24) is 14.2 Å². The first kappa shape index (κ1) is 48.9. The first-order valence-corrected chi connectivity index (χ1v) is 22.6. The molecule has 1 amide bonds. The molecular formula is C49H58N5O10P. The van der Waals surface area contributed by atoms with E-state index in [4.69, 9.17) is 37.5 Å². The smallest absolute Gasteiger partial charge is 0.351 e. The number of hydrogen-bond acceptors (Lipinski definition) is 13. The molecule has 5 aromatic rings. The summed E-state index contributed by atoms with van der Waals surface area (Å²) in [5, 5.41) is 12.2. The number of hydrogen-bond donors (Lipinski definition) is 1. The second-order valence-electron chi connectivity index (χ2n) is 15.6. The number of aromatic nitrogens is 2. The number of amides is 1. The van der Waals surface area contributed by atoms with Gasteiger partial charge in [0.05, 0.1) is 53.1 Å². The number of benzene rings is 4. The standard InChI is InChI=1S/C49H58N5O10P/c1-34(2)54(35(3)4)65(62-30-14-28-50)64-44-42(63-47(45(44)60-32-31-57-5)53-29-27-43(52-48(53)56)51-46(55)36-15-10-8-11-16-36)33-61-49(37-17-12-9-13-18-37,38-19-23-40(58-6)24-20-38)39-21-25-41(59-7)26-22-39/h8-13,15-27,29,34-35,42,44-45,47H,14,30-33H2,1-7H3,(H,51,52,55,56)/t42-,44-,45-,47-,65?/m1/s1. The molecule has 0 bridgehead atoms. The fraction of sp³-hybridized carbons (Fsp3) is 0.388. The maximum absolute atomic E-state index is 14.1. The third-order valence-electron chi connectivity index (χ3n) is 10.8. The Hall–Kier alpha value is -5.53. The lowest BCUT2D eigenvalue weighted by molar-refractivity contribution is -0.0990. The third-order valence-corrected chi connectivity index (χ3v) is 12.9. The molecule has 15 nitrogen and oxygen atoms in total. The minimum Gasteiger partial charge on any atom is -0.497 e. The van der Waals surface area contributed by atoms with Gasteiger partial charge in [-0.15, -0.1) is 0 Å². The van der Waals surface area contributed by atoms with Crippen molar-refractivity contribution in [2.45, 2.75) is 76.3 Å². The highest BCUT2D eigenvalue weighted by atomic mass is 31.2. The van der Waals surface area contributed by atoms with E-state index >= 15 is 0 Å². The van der Waals surface area contributed by atoms with Gasteiger partial charge in [-0.2, -0.15) is 10.2 Å². The second-order valence-corrected chi connectivity index (χ2v) is 17.1. The topological polar surface area (TPSA) is 165 Å². The van der Waals surface area contributed by atoms with Crippen molar-refractivity contribution in [2.24, 2.45) is 0 Å². The normalized spacial score (nSPS) is 17.9. The van der Waals surface area contributed by atoms with Gasteiger partial charge in [0.15, 0.2) is 6.23 Å². The molecule has 1 aliphatic rings. The molecule has 1 aromatic heterocycles. The van der Waals surface area contributed by atoms with Crippen LogP contribution >= 0.6 is 8.53 Å². The SMILES string of the molecule is COCCO[C@@H]1[C@H](OP(OCCC#N)N(C(C)C)C(C)C)[C@@H](COC(c2ccccc2)(c2ccc(OC)cc2)c2ccc(OC)cc2)O[C@H]1n1ccc(NC(=O)c2ccccc2)nc1=O. The number of nitriles is 1. The van der Waals surface area contributed by atoms with Crippen LogP contribution in [0.3, 0.4) is 0 Å². The zero-order valence-corrected chi connectivity index (χ0v) is 38.8. The molecule has 0 spiro atoms. The third kappa shape index (κ3) is 11.8. The largest absolute Gasteiger partial charge is 0.497 e. The summed E-state index contributed by atoms with van der Waals surface area (Å²) < 4.78 is 54.4. The van der Waals surface area contributed by atoms with Crippen LogP contribution in [0.1, 0.15) is 67.4 Å². The fourth-order valence-electron chi connectivity index (χ4n) is 7.77. The maximum Gasteiger partial charge on any atom is 0.351 e. The summed E-state index contributed by atoms with van der Waals surface area (Å²) >= 11 is 0. The molecule has 4 aromatic carbocycles. The summed E-state index contributed by atoms with van der Waals surface area (Å²) in [4.78, 5) is 31.4. The van der Waals surface area contributed by atoms with Gasteiger partial charge in [-0.3, -0.25) is 9.36 Å². The average molecular weight is 908 g/mol. The number of rotatable bonds is 23. The lowest BCUT2D eigenvalue weighted by atomic mass is 9.80. The molecule has 1 saturated heterocycles. The van der Waals surface area contributed by atoms with Crippen LogP contribution in [-0.2, 0) is 33.6 Å². The van der Waals surface area contributed by atoms with Gasteiger partial charge in [0.1, 0.15) is 41.2 Å². The van der Waals surface area contributed by atoms with Crippen molar-refractivity contribution >= 4 is 20.3 Å². The quantitative estimate of drug-likeness (QED) is 0.0380. The fourth-order valence-corrected chi connectivity index (χ4v) is 9.54. The van der Waals surface area contributed by atoms with E-state index in [0.717, 1.165) is 16.7 Å². The van der Waals surface area contributed by atoms with Gasteiger partial charge in [0, 0.05) is 31.0 Å². The molecule has 0 radical (unpaired) electrons. The molecule has 344 valence electrons. The molecule has 1 unspecified atom stereocenters. The van der Waals surface area contributed by atoms with Crippen molar-refractivity contribution in [3.05, 3.63) is 154 Å². The predicted molar refractivity (Wildman–Crippen MR) is 247 cm³/mol. The predicted octanol–water partition coefficient (Wildman–Crippen LogP) is 8.11. The molecule has 0 saturated carbocycles. The van der Waals surface area contributed by atoms with E-state index < -0.39 is 50.3 Å². The number of carbonyl (C=O) groups excluding carboxylic acids is 1. The summed E-state index contributed by atoms with van der Waals surface area (Å²) in [5.41, 5.74) is 0.914. The van der Waals surface area contributed by atoms with E-state index in [1.165, 1.54) is 16.8 Å². The highest BCUT2D eigenvalue weighted by Crippen LogP contribution is 2.51. The zero-order valence-electron chi connectivity index (χ0n) is 37.9. The summed E-state index contributed by atoms with van der Waals surface area (Å²) in [6.45, 7) is 8.59. The van der Waals surface area contributed by atoms with Crippen LogP contribution in [0.2, 0.25) is 0 Å². The number of ether oxygens (including phenoxy) is 6. The molecule has 65 heavy (non-hydrogen) atoms. The lowest BCUT2D eigenvalue weighted by Crippen LogP contribution is -2.43. The van der Waals surface area contributed by atoms with Gasteiger partial charge in [0.2, 0.25) is 0 Å². The van der Waals surface area contributed by atoms with Crippen LogP contribution in [0.5, 0.6) is 11.5 Å². The number of methoxy groups -OCH3 is 3. The molecule has 5 atom stereocenters. The average Bonchev–Trinajstić information content (AvgIpc) is 3.65. The van der Waals surface area contributed by atoms with Crippen LogP contribution in [0.25, 0.3) is 0 Å². The van der Waals surface area contributed by atoms with Gasteiger partial charge in [-0.05, 0) is 86.8 Å². The molecule has 16 heteroatoms. The van der Waals surface area contributed by atoms with E-state index in [0.29, 0.717) is 17.1 Å². The van der Waals surface area contributed by atoms with E-state index in [-0.39, 0.29) is 50.7 Å². The molecular weight excluding hydrogens is 850 g/mol. The Morgan fingerprint density at radius 1 is 0.815 bits per heavy atom. The molecule has 0 aliphatic carbocycles. The van der Waals surface area contributed by atoms with Gasteiger partial charge < -0.3 is 42.8 Å². The maximum atomic E-state index is 14.1. The summed E-state index contributed by atoms with van der Waals surface area (Å²) in [5.74, 6) is 0.990. The molecule has 1 N–H and O–H groups in total. The zero-order chi connectivity index (χ0) is 46.3. The van der Waals surface area contributed by atoms with Crippen LogP contribution in [-0.4, -0.2) is 98.3 Å². The van der Waals surface area contributed by atoms with Gasteiger partial charge in [-0.25, -0.2) is 9.46 Å². The van der Waals surface area contributed by atoms with Gasteiger partial charge in [0.25, 0.3) is 14.4 Å². The Balaban J connectivity index is 1.47. The Morgan fingerprint density at radius 2 is 1.40 bits per heavy atom. The van der Waals surface area contributed by atoms with Crippen molar-refractivity contribution < 1.29 is 42.3 Å². The Bertz CT molecular complexity index is 2290. The first-order chi connectivity index (χ1) is 31.5. The molecule has 1 aliphatic heterocycles. The highest BCUT2D eigenvalue weighted by molar-refractivity contribution is 7.44. The van der Waals surface area contributed by atoms with E-state index in [1.54, 1.807) is 45.6 Å². The monoisotopic (exact) mass is 907 g/mol. The van der Waals surface area contributed by atoms with Crippen LogP contribution in [0.4, 0.5) is 5.82 Å².